The van der Waals surface area contributed by atoms with Gasteiger partial charge >= 0.3 is 5.97 Å². The summed E-state index contributed by atoms with van der Waals surface area (Å²) in [7, 11) is 4.41. The summed E-state index contributed by atoms with van der Waals surface area (Å²) in [5, 5.41) is 0. The predicted molar refractivity (Wildman–Crippen MR) is 120 cm³/mol. The van der Waals surface area contributed by atoms with E-state index >= 15 is 0 Å². The fourth-order valence-corrected chi connectivity index (χ4v) is 4.13. The molecule has 3 aromatic rings. The number of amides is 1. The molecule has 2 aromatic carbocycles. The van der Waals surface area contributed by atoms with Crippen molar-refractivity contribution in [2.45, 2.75) is 32.7 Å². The number of methoxy groups -OCH3 is 3. The van der Waals surface area contributed by atoms with Crippen LogP contribution in [0.4, 0.5) is 0 Å². The Bertz CT molecular complexity index is 1180. The van der Waals surface area contributed by atoms with Crippen LogP contribution in [0.2, 0.25) is 0 Å². The Morgan fingerprint density at radius 2 is 1.61 bits per heavy atom. The molecule has 1 amide bonds. The van der Waals surface area contributed by atoms with Crippen LogP contribution in [0.25, 0.3) is 10.2 Å². The van der Waals surface area contributed by atoms with Crippen LogP contribution in [-0.4, -0.2) is 37.8 Å². The zero-order valence-corrected chi connectivity index (χ0v) is 19.3. The first-order valence-corrected chi connectivity index (χ1v) is 10.5. The molecule has 0 N–H and O–H groups in total. The lowest BCUT2D eigenvalue weighted by Gasteiger charge is -2.18. The summed E-state index contributed by atoms with van der Waals surface area (Å²) in [6.07, 6.45) is 0. The average Bonchev–Trinajstić information content (AvgIpc) is 3.07. The molecule has 31 heavy (non-hydrogen) atoms. The van der Waals surface area contributed by atoms with Crippen LogP contribution in [0.15, 0.2) is 41.4 Å². The number of hydrogen-bond donors (Lipinski definition) is 0. The minimum Gasteiger partial charge on any atom is -0.493 e. The molecule has 1 heterocycles. The van der Waals surface area contributed by atoms with Gasteiger partial charge in [0.05, 0.1) is 31.5 Å². The van der Waals surface area contributed by atoms with Crippen LogP contribution in [0, 0.1) is 0 Å². The lowest BCUT2D eigenvalue weighted by Crippen LogP contribution is -2.22. The van der Waals surface area contributed by atoms with Crippen molar-refractivity contribution in [3.05, 3.63) is 52.3 Å². The number of esters is 1. The summed E-state index contributed by atoms with van der Waals surface area (Å²) >= 11 is 1.29. The Morgan fingerprint density at radius 1 is 1.00 bits per heavy atom. The molecule has 8 heteroatoms. The molecule has 0 unspecified atom stereocenters. The van der Waals surface area contributed by atoms with Crippen LogP contribution in [0.1, 0.15) is 36.7 Å². The first-order chi connectivity index (χ1) is 14.7. The summed E-state index contributed by atoms with van der Waals surface area (Å²) in [5.74, 6) is 0.238. The molecule has 1 aromatic heterocycles. The number of carbonyl (C=O) groups is 2. The minimum absolute atomic E-state index is 0.00809. The zero-order chi connectivity index (χ0) is 22.8. The van der Waals surface area contributed by atoms with Gasteiger partial charge in [-0.3, -0.25) is 9.59 Å². The van der Waals surface area contributed by atoms with Gasteiger partial charge in [0.1, 0.15) is 6.54 Å². The third-order valence-corrected chi connectivity index (χ3v) is 5.94. The molecule has 3 rings (SSSR count). The van der Waals surface area contributed by atoms with Gasteiger partial charge in [0, 0.05) is 17.7 Å². The molecule has 7 nitrogen and oxygen atoms in total. The van der Waals surface area contributed by atoms with E-state index in [-0.39, 0.29) is 17.9 Å². The van der Waals surface area contributed by atoms with Crippen molar-refractivity contribution in [3.63, 3.8) is 0 Å². The molecule has 0 atom stereocenters. The Balaban J connectivity index is 2.12. The average molecular weight is 443 g/mol. The predicted octanol–water partition coefficient (Wildman–Crippen LogP) is 3.93. The third-order valence-electron chi connectivity index (χ3n) is 4.90. The molecule has 0 bridgehead atoms. The van der Waals surface area contributed by atoms with Crippen molar-refractivity contribution in [1.29, 1.82) is 0 Å². The number of ether oxygens (including phenoxy) is 3. The second-order valence-corrected chi connectivity index (χ2v) is 8.98. The van der Waals surface area contributed by atoms with E-state index < -0.39 is 5.97 Å². The monoisotopic (exact) mass is 442 g/mol. The molecule has 0 saturated heterocycles. The topological polar surface area (TPSA) is 79.1 Å². The van der Waals surface area contributed by atoms with Gasteiger partial charge in [-0.2, -0.15) is 4.99 Å². The fraction of sp³-hybridized carbons (Fsp3) is 0.348. The van der Waals surface area contributed by atoms with Gasteiger partial charge in [-0.1, -0.05) is 44.2 Å². The number of aromatic nitrogens is 1. The van der Waals surface area contributed by atoms with Crippen LogP contribution in [-0.2, 0) is 21.5 Å². The Hall–Kier alpha value is -3.13. The SMILES string of the molecule is COC(=O)Cn1c(=NC(=O)c2ccc(C(C)(C)C)cc2)sc2cc(OC)c(OC)cc21. The van der Waals surface area contributed by atoms with E-state index in [2.05, 4.69) is 25.8 Å². The van der Waals surface area contributed by atoms with Crippen LogP contribution >= 0.6 is 11.3 Å². The Kier molecular flexibility index (Phi) is 6.50. The highest BCUT2D eigenvalue weighted by molar-refractivity contribution is 7.16. The van der Waals surface area contributed by atoms with Crippen molar-refractivity contribution in [1.82, 2.24) is 4.57 Å². The van der Waals surface area contributed by atoms with Crippen LogP contribution in [0.5, 0.6) is 11.5 Å². The third kappa shape index (κ3) is 4.80. The smallest absolute Gasteiger partial charge is 0.325 e. The number of thiazole rings is 1. The molecule has 0 aliphatic carbocycles. The maximum atomic E-state index is 12.9. The van der Waals surface area contributed by atoms with E-state index in [1.807, 2.05) is 12.1 Å². The van der Waals surface area contributed by atoms with E-state index in [0.717, 1.165) is 10.3 Å². The van der Waals surface area contributed by atoms with Gasteiger partial charge in [0.2, 0.25) is 0 Å². The highest BCUT2D eigenvalue weighted by Crippen LogP contribution is 2.33. The zero-order valence-electron chi connectivity index (χ0n) is 18.5. The van der Waals surface area contributed by atoms with E-state index in [0.29, 0.717) is 27.4 Å². The number of carbonyl (C=O) groups excluding carboxylic acids is 2. The maximum Gasteiger partial charge on any atom is 0.325 e. The summed E-state index contributed by atoms with van der Waals surface area (Å²) < 4.78 is 18.0. The van der Waals surface area contributed by atoms with Gasteiger partial charge in [-0.25, -0.2) is 0 Å². The Labute approximate surface area is 184 Å². The first-order valence-electron chi connectivity index (χ1n) is 9.69. The summed E-state index contributed by atoms with van der Waals surface area (Å²) in [5.41, 5.74) is 2.30. The van der Waals surface area contributed by atoms with Crippen molar-refractivity contribution in [3.8, 4) is 11.5 Å². The molecule has 0 aliphatic rings. The summed E-state index contributed by atoms with van der Waals surface area (Å²) in [6.45, 7) is 6.26. The van der Waals surface area contributed by atoms with Gasteiger partial charge in [0.15, 0.2) is 16.3 Å². The fourth-order valence-electron chi connectivity index (χ4n) is 3.09. The van der Waals surface area contributed by atoms with E-state index in [9.17, 15) is 9.59 Å². The molecule has 164 valence electrons. The number of benzene rings is 2. The second-order valence-electron chi connectivity index (χ2n) is 7.97. The lowest BCUT2D eigenvalue weighted by molar-refractivity contribution is -0.141. The van der Waals surface area contributed by atoms with Gasteiger partial charge < -0.3 is 18.8 Å². The van der Waals surface area contributed by atoms with Gasteiger partial charge in [-0.15, -0.1) is 0 Å². The maximum absolute atomic E-state index is 12.9. The van der Waals surface area contributed by atoms with Crippen LogP contribution < -0.4 is 14.3 Å². The molecule has 0 aliphatic heterocycles. The Morgan fingerprint density at radius 3 is 2.16 bits per heavy atom. The normalized spacial score (nSPS) is 12.1. The second kappa shape index (κ2) is 8.93. The standard InChI is InChI=1S/C23H26N2O5S/c1-23(2,3)15-9-7-14(8-10-15)21(27)24-22-25(13-20(26)30-6)16-11-17(28-4)18(29-5)12-19(16)31-22/h7-12H,13H2,1-6H3. The van der Waals surface area contributed by atoms with Crippen LogP contribution in [0.3, 0.4) is 0 Å². The van der Waals surface area contributed by atoms with Crippen molar-refractivity contribution < 1.29 is 23.8 Å². The minimum atomic E-state index is -0.446. The molecule has 0 fully saturated rings. The quantitative estimate of drug-likeness (QED) is 0.560. The number of fused-ring (bicyclic) bond motifs is 1. The highest BCUT2D eigenvalue weighted by atomic mass is 32.1. The number of rotatable bonds is 5. The van der Waals surface area contributed by atoms with Gasteiger partial charge in [0.25, 0.3) is 5.91 Å². The largest absolute Gasteiger partial charge is 0.493 e. The molecular formula is C23H26N2O5S. The van der Waals surface area contributed by atoms with E-state index in [1.165, 1.54) is 25.6 Å². The number of nitrogens with zero attached hydrogens (tertiary/aromatic N) is 2. The molecule has 0 saturated carbocycles. The summed E-state index contributed by atoms with van der Waals surface area (Å²) in [4.78, 5) is 29.6. The van der Waals surface area contributed by atoms with Crippen molar-refractivity contribution >= 4 is 33.4 Å². The molecular weight excluding hydrogens is 416 g/mol. The van der Waals surface area contributed by atoms with Gasteiger partial charge in [-0.05, 0) is 23.1 Å². The van der Waals surface area contributed by atoms with Crippen molar-refractivity contribution in [2.24, 2.45) is 4.99 Å². The lowest BCUT2D eigenvalue weighted by atomic mass is 9.87. The molecule has 0 spiro atoms. The number of hydrogen-bond acceptors (Lipinski definition) is 6. The first kappa shape index (κ1) is 22.6. The highest BCUT2D eigenvalue weighted by Gasteiger charge is 2.17. The molecule has 0 radical (unpaired) electrons. The summed E-state index contributed by atoms with van der Waals surface area (Å²) in [6, 6.07) is 11.0. The van der Waals surface area contributed by atoms with E-state index in [4.69, 9.17) is 14.2 Å². The van der Waals surface area contributed by atoms with Crippen molar-refractivity contribution in [2.75, 3.05) is 21.3 Å². The van der Waals surface area contributed by atoms with E-state index in [1.54, 1.807) is 35.9 Å².